The van der Waals surface area contributed by atoms with Crippen LogP contribution >= 0.6 is 11.6 Å². The molecule has 28 heavy (non-hydrogen) atoms. The van der Waals surface area contributed by atoms with Gasteiger partial charge in [0.05, 0.1) is 23.2 Å². The zero-order valence-electron chi connectivity index (χ0n) is 15.6. The first-order chi connectivity index (χ1) is 13.6. The summed E-state index contributed by atoms with van der Waals surface area (Å²) in [5.41, 5.74) is 2.28. The van der Waals surface area contributed by atoms with Crippen LogP contribution in [0.4, 0.5) is 5.69 Å². The maximum absolute atomic E-state index is 12.8. The smallest absolute Gasteiger partial charge is 0.278 e. The van der Waals surface area contributed by atoms with Crippen molar-refractivity contribution >= 4 is 23.2 Å². The minimum Gasteiger partial charge on any atom is -0.488 e. The fraction of sp³-hybridized carbons (Fsp3) is 0.286. The molecule has 6 nitrogen and oxygen atoms in total. The molecule has 0 spiro atoms. The number of carbonyl (C=O) groups excluding carboxylic acids is 1. The fourth-order valence-electron chi connectivity index (χ4n) is 3.43. The van der Waals surface area contributed by atoms with E-state index in [9.17, 15) is 4.79 Å². The Kier molecular flexibility index (Phi) is 5.30. The number of amides is 1. The van der Waals surface area contributed by atoms with Gasteiger partial charge < -0.3 is 10.1 Å². The summed E-state index contributed by atoms with van der Waals surface area (Å²) in [6, 6.07) is 14.7. The van der Waals surface area contributed by atoms with E-state index in [1.807, 2.05) is 36.4 Å². The molecule has 7 heteroatoms. The SMILES string of the molecule is Cc1c(C(=O)Nc2ccccc2OC2CCCC2)nnn1-c1cccc(Cl)c1. The lowest BCUT2D eigenvalue weighted by Gasteiger charge is -2.16. The highest BCUT2D eigenvalue weighted by Crippen LogP contribution is 2.30. The average molecular weight is 397 g/mol. The van der Waals surface area contributed by atoms with Crippen LogP contribution in [0.3, 0.4) is 0 Å². The molecule has 0 aliphatic heterocycles. The molecule has 1 N–H and O–H groups in total. The topological polar surface area (TPSA) is 69.0 Å². The molecule has 1 heterocycles. The van der Waals surface area contributed by atoms with Crippen LogP contribution in [0.2, 0.25) is 5.02 Å². The molecule has 1 aromatic heterocycles. The molecule has 0 unspecified atom stereocenters. The Labute approximate surface area is 168 Å². The molecule has 0 atom stereocenters. The first-order valence-electron chi connectivity index (χ1n) is 9.37. The van der Waals surface area contributed by atoms with Crippen molar-refractivity contribution in [3.8, 4) is 11.4 Å². The predicted octanol–water partition coefficient (Wildman–Crippen LogP) is 4.80. The highest BCUT2D eigenvalue weighted by molar-refractivity contribution is 6.30. The second-order valence-electron chi connectivity index (χ2n) is 6.89. The van der Waals surface area contributed by atoms with E-state index in [4.69, 9.17) is 16.3 Å². The van der Waals surface area contributed by atoms with Gasteiger partial charge in [0, 0.05) is 5.02 Å². The van der Waals surface area contributed by atoms with Crippen molar-refractivity contribution in [3.63, 3.8) is 0 Å². The van der Waals surface area contributed by atoms with Crippen LogP contribution in [0.15, 0.2) is 48.5 Å². The Morgan fingerprint density at radius 1 is 1.18 bits per heavy atom. The van der Waals surface area contributed by atoms with Gasteiger partial charge in [0.25, 0.3) is 5.91 Å². The van der Waals surface area contributed by atoms with Gasteiger partial charge in [0.2, 0.25) is 0 Å². The third-order valence-corrected chi connectivity index (χ3v) is 5.13. The molecular formula is C21H21ClN4O2. The molecule has 0 bridgehead atoms. The highest BCUT2D eigenvalue weighted by Gasteiger charge is 2.21. The van der Waals surface area contributed by atoms with E-state index in [0.717, 1.165) is 18.5 Å². The standard InChI is InChI=1S/C21H21ClN4O2/c1-14-20(24-25-26(14)16-8-6-7-15(22)13-16)21(27)23-18-11-4-5-12-19(18)28-17-9-2-3-10-17/h4-8,11-13,17H,2-3,9-10H2,1H3,(H,23,27). The first kappa shape index (κ1) is 18.5. The summed E-state index contributed by atoms with van der Waals surface area (Å²) in [4.78, 5) is 12.8. The van der Waals surface area contributed by atoms with Crippen molar-refractivity contribution in [2.45, 2.75) is 38.7 Å². The van der Waals surface area contributed by atoms with Crippen LogP contribution in [0.1, 0.15) is 41.9 Å². The molecule has 1 amide bonds. The Morgan fingerprint density at radius 3 is 2.75 bits per heavy atom. The minimum absolute atomic E-state index is 0.212. The van der Waals surface area contributed by atoms with Gasteiger partial charge in [-0.1, -0.05) is 35.0 Å². The van der Waals surface area contributed by atoms with E-state index in [-0.39, 0.29) is 17.7 Å². The highest BCUT2D eigenvalue weighted by atomic mass is 35.5. The lowest BCUT2D eigenvalue weighted by atomic mass is 10.2. The maximum atomic E-state index is 12.8. The van der Waals surface area contributed by atoms with E-state index in [1.165, 1.54) is 12.8 Å². The number of hydrogen-bond acceptors (Lipinski definition) is 4. The summed E-state index contributed by atoms with van der Waals surface area (Å²) in [7, 11) is 0. The quantitative estimate of drug-likeness (QED) is 0.672. The fourth-order valence-corrected chi connectivity index (χ4v) is 3.62. The van der Waals surface area contributed by atoms with Crippen molar-refractivity contribution in [2.24, 2.45) is 0 Å². The zero-order valence-corrected chi connectivity index (χ0v) is 16.3. The number of anilines is 1. The van der Waals surface area contributed by atoms with Crippen molar-refractivity contribution in [2.75, 3.05) is 5.32 Å². The van der Waals surface area contributed by atoms with Gasteiger partial charge in [-0.25, -0.2) is 4.68 Å². The molecular weight excluding hydrogens is 376 g/mol. The number of halogens is 1. The largest absolute Gasteiger partial charge is 0.488 e. The Morgan fingerprint density at radius 2 is 1.96 bits per heavy atom. The van der Waals surface area contributed by atoms with Crippen molar-refractivity contribution < 1.29 is 9.53 Å². The number of rotatable bonds is 5. The van der Waals surface area contributed by atoms with Crippen LogP contribution in [-0.2, 0) is 0 Å². The van der Waals surface area contributed by atoms with Crippen LogP contribution in [0.5, 0.6) is 5.75 Å². The summed E-state index contributed by atoms with van der Waals surface area (Å²) in [5.74, 6) is 0.357. The Balaban J connectivity index is 1.55. The average Bonchev–Trinajstić information content (AvgIpc) is 3.33. The van der Waals surface area contributed by atoms with Crippen LogP contribution in [0.25, 0.3) is 5.69 Å². The molecule has 1 fully saturated rings. The number of hydrogen-bond donors (Lipinski definition) is 1. The maximum Gasteiger partial charge on any atom is 0.278 e. The molecule has 1 aliphatic carbocycles. The number of para-hydroxylation sites is 2. The van der Waals surface area contributed by atoms with Gasteiger partial charge in [0.15, 0.2) is 5.69 Å². The minimum atomic E-state index is -0.326. The summed E-state index contributed by atoms with van der Waals surface area (Å²) in [5, 5.41) is 11.7. The molecule has 0 saturated heterocycles. The summed E-state index contributed by atoms with van der Waals surface area (Å²) >= 11 is 6.06. The molecule has 3 aromatic rings. The predicted molar refractivity (Wildman–Crippen MR) is 108 cm³/mol. The van der Waals surface area contributed by atoms with E-state index in [0.29, 0.717) is 22.2 Å². The lowest BCUT2D eigenvalue weighted by Crippen LogP contribution is -2.17. The lowest BCUT2D eigenvalue weighted by molar-refractivity contribution is 0.102. The summed E-state index contributed by atoms with van der Waals surface area (Å²) in [6.07, 6.45) is 4.68. The summed E-state index contributed by atoms with van der Waals surface area (Å²) in [6.45, 7) is 1.80. The number of ether oxygens (including phenoxy) is 1. The molecule has 0 radical (unpaired) electrons. The molecule has 4 rings (SSSR count). The van der Waals surface area contributed by atoms with E-state index >= 15 is 0 Å². The van der Waals surface area contributed by atoms with E-state index in [2.05, 4.69) is 15.6 Å². The second kappa shape index (κ2) is 8.02. The second-order valence-corrected chi connectivity index (χ2v) is 7.33. The van der Waals surface area contributed by atoms with Crippen molar-refractivity contribution in [1.82, 2.24) is 15.0 Å². The van der Waals surface area contributed by atoms with Crippen LogP contribution in [0, 0.1) is 6.92 Å². The normalized spacial score (nSPS) is 14.2. The molecule has 1 aliphatic rings. The Bertz CT molecular complexity index is 996. The number of nitrogens with one attached hydrogen (secondary N) is 1. The number of benzene rings is 2. The Hall–Kier alpha value is -2.86. The third kappa shape index (κ3) is 3.87. The molecule has 1 saturated carbocycles. The van der Waals surface area contributed by atoms with Gasteiger partial charge in [0.1, 0.15) is 5.75 Å². The summed E-state index contributed by atoms with van der Waals surface area (Å²) < 4.78 is 7.69. The van der Waals surface area contributed by atoms with Gasteiger partial charge >= 0.3 is 0 Å². The van der Waals surface area contributed by atoms with Gasteiger partial charge in [-0.15, -0.1) is 5.10 Å². The number of aromatic nitrogens is 3. The third-order valence-electron chi connectivity index (χ3n) is 4.89. The van der Waals surface area contributed by atoms with Crippen LogP contribution in [-0.4, -0.2) is 27.0 Å². The van der Waals surface area contributed by atoms with Crippen LogP contribution < -0.4 is 10.1 Å². The van der Waals surface area contributed by atoms with Crippen molar-refractivity contribution in [1.29, 1.82) is 0 Å². The number of nitrogens with zero attached hydrogens (tertiary/aromatic N) is 3. The first-order valence-corrected chi connectivity index (χ1v) is 9.75. The van der Waals surface area contributed by atoms with E-state index in [1.54, 1.807) is 23.7 Å². The molecule has 144 valence electrons. The van der Waals surface area contributed by atoms with Crippen molar-refractivity contribution in [3.05, 3.63) is 64.9 Å². The van der Waals surface area contributed by atoms with Gasteiger partial charge in [-0.3, -0.25) is 4.79 Å². The van der Waals surface area contributed by atoms with Gasteiger partial charge in [-0.05, 0) is 62.9 Å². The van der Waals surface area contributed by atoms with E-state index < -0.39 is 0 Å². The molecule has 2 aromatic carbocycles. The monoisotopic (exact) mass is 396 g/mol. The van der Waals surface area contributed by atoms with Gasteiger partial charge in [-0.2, -0.15) is 0 Å². The number of carbonyl (C=O) groups is 1. The zero-order chi connectivity index (χ0) is 19.5.